The molecule has 3 rings (SSSR count). The lowest BCUT2D eigenvalue weighted by atomic mass is 10.2. The fraction of sp³-hybridized carbons (Fsp3) is 0.500. The van der Waals surface area contributed by atoms with Gasteiger partial charge in [-0.25, -0.2) is 4.98 Å². The number of nitrogens with one attached hydrogen (secondary N) is 2. The average Bonchev–Trinajstić information content (AvgIpc) is 3.14. The molecule has 1 unspecified atom stereocenters. The third kappa shape index (κ3) is 2.85. The van der Waals surface area contributed by atoms with Crippen molar-refractivity contribution in [2.75, 3.05) is 11.6 Å². The van der Waals surface area contributed by atoms with E-state index in [4.69, 9.17) is 4.98 Å². The minimum atomic E-state index is -0.116. The van der Waals surface area contributed by atoms with Crippen LogP contribution in [0.1, 0.15) is 38.7 Å². The van der Waals surface area contributed by atoms with Crippen molar-refractivity contribution in [3.8, 4) is 0 Å². The molecule has 5 nitrogen and oxygen atoms in total. The van der Waals surface area contributed by atoms with Gasteiger partial charge in [0.25, 0.3) is 0 Å². The summed E-state index contributed by atoms with van der Waals surface area (Å²) in [7, 11) is 0. The first-order chi connectivity index (χ1) is 10.6. The monoisotopic (exact) mass is 318 g/mol. The fourth-order valence-electron chi connectivity index (χ4n) is 2.85. The quantitative estimate of drug-likeness (QED) is 0.909. The third-order valence-electron chi connectivity index (χ3n) is 3.92. The summed E-state index contributed by atoms with van der Waals surface area (Å²) in [6, 6.07) is 8.19. The van der Waals surface area contributed by atoms with Gasteiger partial charge in [-0.05, 0) is 32.9 Å². The number of thioether (sulfide) groups is 1. The molecule has 22 heavy (non-hydrogen) atoms. The molecule has 0 aliphatic carbocycles. The number of rotatable bonds is 4. The van der Waals surface area contributed by atoms with E-state index in [9.17, 15) is 4.79 Å². The van der Waals surface area contributed by atoms with Gasteiger partial charge in [-0.1, -0.05) is 12.1 Å². The molecule has 0 spiro atoms. The maximum absolute atomic E-state index is 12.3. The van der Waals surface area contributed by atoms with Crippen LogP contribution in [0.15, 0.2) is 24.3 Å². The molecule has 1 fully saturated rings. The minimum Gasteiger partial charge on any atom is -0.345 e. The van der Waals surface area contributed by atoms with Crippen molar-refractivity contribution < 1.29 is 4.79 Å². The molecule has 118 valence electrons. The Kier molecular flexibility index (Phi) is 4.40. The highest BCUT2D eigenvalue weighted by Crippen LogP contribution is 2.25. The van der Waals surface area contributed by atoms with E-state index in [1.165, 1.54) is 0 Å². The number of imidazole rings is 1. The Morgan fingerprint density at radius 1 is 1.41 bits per heavy atom. The van der Waals surface area contributed by atoms with Gasteiger partial charge in [0.15, 0.2) is 0 Å². The summed E-state index contributed by atoms with van der Waals surface area (Å²) < 4.78 is 2.21. The van der Waals surface area contributed by atoms with Gasteiger partial charge in [-0.3, -0.25) is 10.1 Å². The summed E-state index contributed by atoms with van der Waals surface area (Å²) in [6.07, 6.45) is 0. The first kappa shape index (κ1) is 15.4. The number of carbonyl (C=O) groups is 1. The van der Waals surface area contributed by atoms with Crippen molar-refractivity contribution in [1.29, 1.82) is 0 Å². The predicted molar refractivity (Wildman–Crippen MR) is 90.9 cm³/mol. The Labute approximate surface area is 134 Å². The summed E-state index contributed by atoms with van der Waals surface area (Å²) in [5.41, 5.74) is 2.09. The molecule has 1 aliphatic rings. The molecular weight excluding hydrogens is 296 g/mol. The summed E-state index contributed by atoms with van der Waals surface area (Å²) in [6.45, 7) is 6.28. The van der Waals surface area contributed by atoms with Gasteiger partial charge in [0.05, 0.1) is 23.1 Å². The van der Waals surface area contributed by atoms with Crippen LogP contribution in [0.5, 0.6) is 0 Å². The Morgan fingerprint density at radius 2 is 2.18 bits per heavy atom. The zero-order valence-corrected chi connectivity index (χ0v) is 14.0. The van der Waals surface area contributed by atoms with Crippen LogP contribution in [0.3, 0.4) is 0 Å². The number of amides is 1. The lowest BCUT2D eigenvalue weighted by Crippen LogP contribution is -2.43. The number of aromatic nitrogens is 2. The van der Waals surface area contributed by atoms with E-state index >= 15 is 0 Å². The molecule has 0 radical (unpaired) electrons. The van der Waals surface area contributed by atoms with Gasteiger partial charge >= 0.3 is 0 Å². The molecule has 0 bridgehead atoms. The van der Waals surface area contributed by atoms with Crippen LogP contribution in [0.2, 0.25) is 0 Å². The minimum absolute atomic E-state index is 0.0554. The van der Waals surface area contributed by atoms with Crippen LogP contribution >= 0.6 is 11.8 Å². The second-order valence-electron chi connectivity index (χ2n) is 5.92. The van der Waals surface area contributed by atoms with E-state index in [2.05, 4.69) is 35.1 Å². The van der Waals surface area contributed by atoms with Gasteiger partial charge in [0, 0.05) is 17.7 Å². The molecule has 2 atom stereocenters. The zero-order chi connectivity index (χ0) is 15.7. The summed E-state index contributed by atoms with van der Waals surface area (Å²) in [5.74, 6) is 2.64. The fourth-order valence-corrected chi connectivity index (χ4v) is 3.80. The maximum atomic E-state index is 12.3. The molecule has 0 saturated carbocycles. The highest BCUT2D eigenvalue weighted by molar-refractivity contribution is 7.99. The standard InChI is InChI=1S/C16H22N4OS/c1-10(2)20-14-7-5-4-6-12(14)19-15(20)11(3)18-16(21)13-8-22-9-17-13/h4-7,10-11,13,17H,8-9H2,1-3H3,(H,18,21)/t11?,13-/m1/s1. The Balaban J connectivity index is 1.88. The second-order valence-corrected chi connectivity index (χ2v) is 6.95. The molecule has 6 heteroatoms. The molecule has 1 aliphatic heterocycles. The third-order valence-corrected chi connectivity index (χ3v) is 4.86. The molecule has 1 aromatic carbocycles. The largest absolute Gasteiger partial charge is 0.345 e. The first-order valence-electron chi connectivity index (χ1n) is 7.66. The van der Waals surface area contributed by atoms with Crippen molar-refractivity contribution in [2.45, 2.75) is 38.9 Å². The number of nitrogens with zero attached hydrogens (tertiary/aromatic N) is 2. The maximum Gasteiger partial charge on any atom is 0.238 e. The van der Waals surface area contributed by atoms with Crippen molar-refractivity contribution in [2.24, 2.45) is 0 Å². The molecule has 1 saturated heterocycles. The summed E-state index contributed by atoms with van der Waals surface area (Å²) in [5, 5.41) is 6.30. The SMILES string of the molecule is CC(NC(=O)[C@H]1CSCN1)c1nc2ccccc2n1C(C)C. The highest BCUT2D eigenvalue weighted by Gasteiger charge is 2.26. The lowest BCUT2D eigenvalue weighted by molar-refractivity contribution is -0.123. The van der Waals surface area contributed by atoms with Crippen LogP contribution < -0.4 is 10.6 Å². The van der Waals surface area contributed by atoms with E-state index in [1.807, 2.05) is 25.1 Å². The lowest BCUT2D eigenvalue weighted by Gasteiger charge is -2.20. The van der Waals surface area contributed by atoms with Crippen molar-refractivity contribution in [3.63, 3.8) is 0 Å². The van der Waals surface area contributed by atoms with Crippen LogP contribution in [-0.4, -0.2) is 33.1 Å². The van der Waals surface area contributed by atoms with Crippen LogP contribution in [0.25, 0.3) is 11.0 Å². The van der Waals surface area contributed by atoms with Gasteiger partial charge in [0.1, 0.15) is 5.82 Å². The topological polar surface area (TPSA) is 59.0 Å². The highest BCUT2D eigenvalue weighted by atomic mass is 32.2. The van der Waals surface area contributed by atoms with E-state index in [-0.39, 0.29) is 18.0 Å². The second kappa shape index (κ2) is 6.30. The van der Waals surface area contributed by atoms with E-state index in [1.54, 1.807) is 11.8 Å². The van der Waals surface area contributed by atoms with E-state index in [0.717, 1.165) is 28.5 Å². The molecule has 1 amide bonds. The molecule has 2 heterocycles. The van der Waals surface area contributed by atoms with E-state index in [0.29, 0.717) is 6.04 Å². The predicted octanol–water partition coefficient (Wildman–Crippen LogP) is 2.46. The van der Waals surface area contributed by atoms with Gasteiger partial charge in [-0.15, -0.1) is 11.8 Å². The summed E-state index contributed by atoms with van der Waals surface area (Å²) in [4.78, 5) is 17.0. The summed E-state index contributed by atoms with van der Waals surface area (Å²) >= 11 is 1.75. The van der Waals surface area contributed by atoms with Crippen LogP contribution in [-0.2, 0) is 4.79 Å². The van der Waals surface area contributed by atoms with Crippen molar-refractivity contribution >= 4 is 28.7 Å². The zero-order valence-electron chi connectivity index (χ0n) is 13.2. The molecule has 1 aromatic heterocycles. The smallest absolute Gasteiger partial charge is 0.238 e. The Bertz CT molecular complexity index is 676. The normalized spacial score (nSPS) is 19.7. The number of hydrogen-bond acceptors (Lipinski definition) is 4. The number of hydrogen-bond donors (Lipinski definition) is 2. The van der Waals surface area contributed by atoms with Crippen LogP contribution in [0, 0.1) is 0 Å². The number of benzene rings is 1. The molecule has 2 aromatic rings. The number of para-hydroxylation sites is 2. The molecular formula is C16H22N4OS. The first-order valence-corrected chi connectivity index (χ1v) is 8.81. The molecule has 2 N–H and O–H groups in total. The Hall–Kier alpha value is -1.53. The number of carbonyl (C=O) groups excluding carboxylic acids is 1. The number of fused-ring (bicyclic) bond motifs is 1. The van der Waals surface area contributed by atoms with Crippen molar-refractivity contribution in [1.82, 2.24) is 20.2 Å². The van der Waals surface area contributed by atoms with Crippen LogP contribution in [0.4, 0.5) is 0 Å². The van der Waals surface area contributed by atoms with Crippen molar-refractivity contribution in [3.05, 3.63) is 30.1 Å². The average molecular weight is 318 g/mol. The van der Waals surface area contributed by atoms with Gasteiger partial charge in [0.2, 0.25) is 5.91 Å². The van der Waals surface area contributed by atoms with E-state index < -0.39 is 0 Å². The van der Waals surface area contributed by atoms with Gasteiger partial charge in [-0.2, -0.15) is 0 Å². The Morgan fingerprint density at radius 3 is 2.86 bits per heavy atom. The van der Waals surface area contributed by atoms with Gasteiger partial charge < -0.3 is 9.88 Å².